The zero-order valence-corrected chi connectivity index (χ0v) is 9.17. The van der Waals surface area contributed by atoms with E-state index in [0.29, 0.717) is 11.8 Å². The van der Waals surface area contributed by atoms with Gasteiger partial charge >= 0.3 is 0 Å². The van der Waals surface area contributed by atoms with Crippen molar-refractivity contribution in [2.75, 3.05) is 11.1 Å². The molecule has 0 saturated heterocycles. The van der Waals surface area contributed by atoms with Crippen molar-refractivity contribution in [1.29, 1.82) is 0 Å². The first kappa shape index (κ1) is 11.3. The SMILES string of the molecule is Cc1ccccc1Nc1nc(N)c(F)cc1F. The van der Waals surface area contributed by atoms with Crippen LogP contribution in [0.1, 0.15) is 5.56 Å². The van der Waals surface area contributed by atoms with Crippen LogP contribution in [0.5, 0.6) is 0 Å². The van der Waals surface area contributed by atoms with Crippen molar-refractivity contribution in [1.82, 2.24) is 4.98 Å². The van der Waals surface area contributed by atoms with Crippen LogP contribution in [-0.4, -0.2) is 4.98 Å². The van der Waals surface area contributed by atoms with E-state index in [0.717, 1.165) is 5.56 Å². The molecular weight excluding hydrogens is 224 g/mol. The van der Waals surface area contributed by atoms with Gasteiger partial charge in [0.05, 0.1) is 0 Å². The fraction of sp³-hybridized carbons (Fsp3) is 0.0833. The molecule has 1 aromatic heterocycles. The molecule has 0 spiro atoms. The smallest absolute Gasteiger partial charge is 0.169 e. The number of aromatic nitrogens is 1. The number of rotatable bonds is 2. The molecule has 0 fully saturated rings. The number of anilines is 3. The minimum atomic E-state index is -0.863. The van der Waals surface area contributed by atoms with Crippen LogP contribution >= 0.6 is 0 Å². The summed E-state index contributed by atoms with van der Waals surface area (Å²) in [4.78, 5) is 3.63. The predicted octanol–water partition coefficient (Wildman–Crippen LogP) is 2.99. The topological polar surface area (TPSA) is 50.9 Å². The summed E-state index contributed by atoms with van der Waals surface area (Å²) in [6.07, 6.45) is 0. The molecule has 0 saturated carbocycles. The van der Waals surface area contributed by atoms with E-state index in [2.05, 4.69) is 10.3 Å². The van der Waals surface area contributed by atoms with Gasteiger partial charge in [-0.05, 0) is 18.6 Å². The first-order chi connectivity index (χ1) is 8.08. The Labute approximate surface area is 97.3 Å². The molecule has 0 atom stereocenters. The number of aryl methyl sites for hydroxylation is 1. The summed E-state index contributed by atoms with van der Waals surface area (Å²) in [5.74, 6) is -2.06. The molecule has 2 aromatic rings. The highest BCUT2D eigenvalue weighted by Gasteiger charge is 2.10. The molecule has 0 unspecified atom stereocenters. The number of pyridine rings is 1. The molecule has 3 N–H and O–H groups in total. The molecule has 1 aromatic carbocycles. The van der Waals surface area contributed by atoms with E-state index in [-0.39, 0.29) is 11.6 Å². The Balaban J connectivity index is 2.37. The van der Waals surface area contributed by atoms with Gasteiger partial charge in [-0.25, -0.2) is 13.8 Å². The minimum absolute atomic E-state index is 0.0850. The maximum atomic E-state index is 13.4. The molecular formula is C12H11F2N3. The lowest BCUT2D eigenvalue weighted by Crippen LogP contribution is -2.03. The van der Waals surface area contributed by atoms with Crippen molar-refractivity contribution in [3.63, 3.8) is 0 Å². The molecule has 0 aliphatic carbocycles. The van der Waals surface area contributed by atoms with Gasteiger partial charge in [-0.2, -0.15) is 0 Å². The first-order valence-corrected chi connectivity index (χ1v) is 5.02. The molecule has 0 radical (unpaired) electrons. The zero-order chi connectivity index (χ0) is 12.4. The van der Waals surface area contributed by atoms with Gasteiger partial charge in [-0.3, -0.25) is 0 Å². The molecule has 3 nitrogen and oxygen atoms in total. The lowest BCUT2D eigenvalue weighted by Gasteiger charge is -2.10. The number of benzene rings is 1. The third-order valence-electron chi connectivity index (χ3n) is 2.35. The molecule has 88 valence electrons. The van der Waals surface area contributed by atoms with Crippen LogP contribution in [0.4, 0.5) is 26.1 Å². The van der Waals surface area contributed by atoms with Crippen LogP contribution in [0.25, 0.3) is 0 Å². The van der Waals surface area contributed by atoms with E-state index in [1.807, 2.05) is 19.1 Å². The van der Waals surface area contributed by atoms with Crippen molar-refractivity contribution in [2.24, 2.45) is 0 Å². The summed E-state index contributed by atoms with van der Waals surface area (Å²) in [5, 5.41) is 2.78. The minimum Gasteiger partial charge on any atom is -0.381 e. The Morgan fingerprint density at radius 1 is 1.18 bits per heavy atom. The Morgan fingerprint density at radius 3 is 2.59 bits per heavy atom. The van der Waals surface area contributed by atoms with Crippen molar-refractivity contribution >= 4 is 17.3 Å². The lowest BCUT2D eigenvalue weighted by atomic mass is 10.2. The normalized spacial score (nSPS) is 10.3. The van der Waals surface area contributed by atoms with E-state index < -0.39 is 11.6 Å². The molecule has 0 aliphatic rings. The van der Waals surface area contributed by atoms with Gasteiger partial charge in [-0.1, -0.05) is 18.2 Å². The van der Waals surface area contributed by atoms with Gasteiger partial charge in [0.1, 0.15) is 0 Å². The summed E-state index contributed by atoms with van der Waals surface area (Å²) >= 11 is 0. The monoisotopic (exact) mass is 235 g/mol. The average Bonchev–Trinajstić information content (AvgIpc) is 2.29. The van der Waals surface area contributed by atoms with Crippen LogP contribution in [-0.2, 0) is 0 Å². The Morgan fingerprint density at radius 2 is 1.88 bits per heavy atom. The Bertz CT molecular complexity index is 555. The molecule has 2 rings (SSSR count). The van der Waals surface area contributed by atoms with Crippen LogP contribution in [0.2, 0.25) is 0 Å². The molecule has 1 heterocycles. The van der Waals surface area contributed by atoms with Crippen LogP contribution in [0.3, 0.4) is 0 Å². The van der Waals surface area contributed by atoms with Crippen molar-refractivity contribution < 1.29 is 8.78 Å². The summed E-state index contributed by atoms with van der Waals surface area (Å²) in [7, 11) is 0. The van der Waals surface area contributed by atoms with Gasteiger partial charge in [0, 0.05) is 11.8 Å². The van der Waals surface area contributed by atoms with Gasteiger partial charge in [0.2, 0.25) is 0 Å². The fourth-order valence-electron chi connectivity index (χ4n) is 1.41. The standard InChI is InChI=1S/C12H11F2N3/c1-7-4-2-3-5-10(7)16-12-9(14)6-8(13)11(15)17-12/h2-6H,1H3,(H3,15,16,17). The maximum absolute atomic E-state index is 13.4. The summed E-state index contributed by atoms with van der Waals surface area (Å²) in [6.45, 7) is 1.87. The number of nitrogens with zero attached hydrogens (tertiary/aromatic N) is 1. The van der Waals surface area contributed by atoms with Gasteiger partial charge in [-0.15, -0.1) is 0 Å². The molecule has 5 heteroatoms. The Kier molecular flexibility index (Phi) is 2.91. The van der Waals surface area contributed by atoms with Gasteiger partial charge < -0.3 is 11.1 Å². The molecule has 0 aliphatic heterocycles. The van der Waals surface area contributed by atoms with Gasteiger partial charge in [0.15, 0.2) is 23.3 Å². The summed E-state index contributed by atoms with van der Waals surface area (Å²) < 4.78 is 26.3. The molecule has 17 heavy (non-hydrogen) atoms. The number of nitrogens with one attached hydrogen (secondary N) is 1. The maximum Gasteiger partial charge on any atom is 0.169 e. The van der Waals surface area contributed by atoms with E-state index in [4.69, 9.17) is 5.73 Å². The van der Waals surface area contributed by atoms with Crippen molar-refractivity contribution in [2.45, 2.75) is 6.92 Å². The second-order valence-corrected chi connectivity index (χ2v) is 3.63. The predicted molar refractivity (Wildman–Crippen MR) is 63.0 cm³/mol. The summed E-state index contributed by atoms with van der Waals surface area (Å²) in [6, 6.07) is 8.02. The van der Waals surface area contributed by atoms with Crippen LogP contribution in [0.15, 0.2) is 30.3 Å². The van der Waals surface area contributed by atoms with Crippen molar-refractivity contribution in [3.05, 3.63) is 47.5 Å². The molecule has 0 amide bonds. The van der Waals surface area contributed by atoms with E-state index in [1.54, 1.807) is 12.1 Å². The first-order valence-electron chi connectivity index (χ1n) is 5.02. The highest BCUT2D eigenvalue weighted by Crippen LogP contribution is 2.22. The lowest BCUT2D eigenvalue weighted by molar-refractivity contribution is 0.581. The van der Waals surface area contributed by atoms with Gasteiger partial charge in [0.25, 0.3) is 0 Å². The Hall–Kier alpha value is -2.17. The molecule has 0 bridgehead atoms. The van der Waals surface area contributed by atoms with Crippen molar-refractivity contribution in [3.8, 4) is 0 Å². The van der Waals surface area contributed by atoms with E-state index in [9.17, 15) is 8.78 Å². The number of halogens is 2. The second kappa shape index (κ2) is 4.37. The number of hydrogen-bond donors (Lipinski definition) is 2. The quantitative estimate of drug-likeness (QED) is 0.841. The van der Waals surface area contributed by atoms with Crippen LogP contribution < -0.4 is 11.1 Å². The zero-order valence-electron chi connectivity index (χ0n) is 9.17. The number of para-hydroxylation sites is 1. The highest BCUT2D eigenvalue weighted by molar-refractivity contribution is 5.61. The number of hydrogen-bond acceptors (Lipinski definition) is 3. The summed E-state index contributed by atoms with van der Waals surface area (Å²) in [5.41, 5.74) is 6.91. The average molecular weight is 235 g/mol. The number of nitrogens with two attached hydrogens (primary N) is 1. The van der Waals surface area contributed by atoms with E-state index >= 15 is 0 Å². The van der Waals surface area contributed by atoms with Crippen LogP contribution in [0, 0.1) is 18.6 Å². The highest BCUT2D eigenvalue weighted by atomic mass is 19.1. The number of nitrogen functional groups attached to an aromatic ring is 1. The van der Waals surface area contributed by atoms with E-state index in [1.165, 1.54) is 0 Å². The second-order valence-electron chi connectivity index (χ2n) is 3.63. The fourth-order valence-corrected chi connectivity index (χ4v) is 1.41. The largest absolute Gasteiger partial charge is 0.381 e. The third kappa shape index (κ3) is 2.33. The third-order valence-corrected chi connectivity index (χ3v) is 2.35.